The van der Waals surface area contributed by atoms with Gasteiger partial charge in [0.25, 0.3) is 0 Å². The standard InChI is InChI=1S/C21H18F3N3OS/c22-15-8-7-14(19(24)10-15)11-26-27-20(17-5-1-2-6-18(17)23)13-29-21(27)25-12-16-4-3-9-28-16/h1-2,5-8,10-11,13,16H,3-4,9,12H2/b25-21?,26-11-/t16-/m0/s1. The van der Waals surface area contributed by atoms with E-state index in [4.69, 9.17) is 4.74 Å². The van der Waals surface area contributed by atoms with E-state index in [0.29, 0.717) is 22.6 Å². The van der Waals surface area contributed by atoms with Crippen molar-refractivity contribution in [2.45, 2.75) is 18.9 Å². The Balaban J connectivity index is 1.75. The Kier molecular flexibility index (Phi) is 5.92. The first-order valence-corrected chi connectivity index (χ1v) is 10.1. The average Bonchev–Trinajstić information content (AvgIpc) is 3.36. The second-order valence-electron chi connectivity index (χ2n) is 6.58. The maximum Gasteiger partial charge on any atom is 0.206 e. The van der Waals surface area contributed by atoms with E-state index in [9.17, 15) is 13.2 Å². The van der Waals surface area contributed by atoms with Crippen LogP contribution in [-0.2, 0) is 4.74 Å². The van der Waals surface area contributed by atoms with E-state index in [2.05, 4.69) is 10.1 Å². The summed E-state index contributed by atoms with van der Waals surface area (Å²) in [6.07, 6.45) is 3.28. The van der Waals surface area contributed by atoms with Crippen LogP contribution in [0.4, 0.5) is 13.2 Å². The first-order chi connectivity index (χ1) is 14.1. The molecule has 4 nitrogen and oxygen atoms in total. The molecule has 0 amide bonds. The molecule has 29 heavy (non-hydrogen) atoms. The van der Waals surface area contributed by atoms with E-state index in [0.717, 1.165) is 31.6 Å². The van der Waals surface area contributed by atoms with Gasteiger partial charge in [0, 0.05) is 29.2 Å². The van der Waals surface area contributed by atoms with Crippen LogP contribution in [0.3, 0.4) is 0 Å². The fourth-order valence-electron chi connectivity index (χ4n) is 3.07. The minimum absolute atomic E-state index is 0.0565. The minimum Gasteiger partial charge on any atom is -0.376 e. The molecule has 0 unspecified atom stereocenters. The van der Waals surface area contributed by atoms with Crippen molar-refractivity contribution >= 4 is 17.6 Å². The van der Waals surface area contributed by atoms with Crippen LogP contribution < -0.4 is 4.80 Å². The molecular weight excluding hydrogens is 399 g/mol. The Bertz CT molecular complexity index is 1100. The van der Waals surface area contributed by atoms with Crippen LogP contribution in [0.1, 0.15) is 18.4 Å². The molecule has 0 aliphatic carbocycles. The number of hydrogen-bond acceptors (Lipinski definition) is 4. The molecule has 2 aromatic carbocycles. The SMILES string of the molecule is Fc1ccc(/C=N\n2c(-c3ccccc3F)csc2=NC[C@@H]2CCCO2)c(F)c1. The van der Waals surface area contributed by atoms with Crippen molar-refractivity contribution in [3.63, 3.8) is 0 Å². The fourth-order valence-corrected chi connectivity index (χ4v) is 3.91. The van der Waals surface area contributed by atoms with Gasteiger partial charge in [0.2, 0.25) is 4.80 Å². The summed E-state index contributed by atoms with van der Waals surface area (Å²) >= 11 is 1.31. The highest BCUT2D eigenvalue weighted by molar-refractivity contribution is 7.07. The average molecular weight is 417 g/mol. The van der Waals surface area contributed by atoms with Gasteiger partial charge in [-0.15, -0.1) is 11.3 Å². The number of aromatic nitrogens is 1. The van der Waals surface area contributed by atoms with E-state index in [1.807, 2.05) is 0 Å². The summed E-state index contributed by atoms with van der Waals surface area (Å²) in [4.78, 5) is 5.12. The second-order valence-corrected chi connectivity index (χ2v) is 7.42. The zero-order valence-corrected chi connectivity index (χ0v) is 16.2. The summed E-state index contributed by atoms with van der Waals surface area (Å²) in [5, 5.41) is 6.08. The van der Waals surface area contributed by atoms with Gasteiger partial charge in [-0.2, -0.15) is 5.10 Å². The summed E-state index contributed by atoms with van der Waals surface area (Å²) in [6, 6.07) is 9.59. The molecular formula is C21H18F3N3OS. The Morgan fingerprint density at radius 3 is 2.76 bits per heavy atom. The molecule has 0 radical (unpaired) electrons. The lowest BCUT2D eigenvalue weighted by Crippen LogP contribution is -2.17. The predicted octanol–water partition coefficient (Wildman–Crippen LogP) is 4.60. The number of ether oxygens (including phenoxy) is 1. The smallest absolute Gasteiger partial charge is 0.206 e. The number of rotatable bonds is 5. The van der Waals surface area contributed by atoms with Gasteiger partial charge in [-0.05, 0) is 37.1 Å². The van der Waals surface area contributed by atoms with Crippen LogP contribution in [0.25, 0.3) is 11.3 Å². The Morgan fingerprint density at radius 2 is 2.00 bits per heavy atom. The number of thiazole rings is 1. The van der Waals surface area contributed by atoms with Gasteiger partial charge in [0.15, 0.2) is 0 Å². The van der Waals surface area contributed by atoms with Crippen molar-refractivity contribution in [1.82, 2.24) is 4.68 Å². The van der Waals surface area contributed by atoms with Gasteiger partial charge in [0.1, 0.15) is 17.5 Å². The Labute approximate surface area is 169 Å². The largest absolute Gasteiger partial charge is 0.376 e. The summed E-state index contributed by atoms with van der Waals surface area (Å²) in [7, 11) is 0. The van der Waals surface area contributed by atoms with Crippen molar-refractivity contribution in [1.29, 1.82) is 0 Å². The molecule has 4 rings (SSSR count). The number of nitrogens with zero attached hydrogens (tertiary/aromatic N) is 3. The van der Waals surface area contributed by atoms with E-state index < -0.39 is 17.5 Å². The maximum absolute atomic E-state index is 14.4. The molecule has 1 aromatic heterocycles. The minimum atomic E-state index is -0.727. The highest BCUT2D eigenvalue weighted by atomic mass is 32.1. The molecule has 0 spiro atoms. The Hall–Kier alpha value is -2.71. The third-order valence-electron chi connectivity index (χ3n) is 4.56. The second kappa shape index (κ2) is 8.75. The predicted molar refractivity (Wildman–Crippen MR) is 106 cm³/mol. The van der Waals surface area contributed by atoms with Crippen LogP contribution in [0, 0.1) is 17.5 Å². The van der Waals surface area contributed by atoms with Crippen molar-refractivity contribution in [2.75, 3.05) is 13.2 Å². The van der Waals surface area contributed by atoms with E-state index >= 15 is 0 Å². The molecule has 3 aromatic rings. The zero-order chi connectivity index (χ0) is 20.2. The first-order valence-electron chi connectivity index (χ1n) is 9.19. The molecule has 150 valence electrons. The zero-order valence-electron chi connectivity index (χ0n) is 15.4. The summed E-state index contributed by atoms with van der Waals surface area (Å²) < 4.78 is 48.6. The first kappa shape index (κ1) is 19.6. The van der Waals surface area contributed by atoms with Gasteiger partial charge in [-0.1, -0.05) is 12.1 Å². The quantitative estimate of drug-likeness (QED) is 0.560. The summed E-state index contributed by atoms with van der Waals surface area (Å²) in [5.41, 5.74) is 0.978. The highest BCUT2D eigenvalue weighted by Gasteiger charge is 2.16. The molecule has 1 aliphatic rings. The van der Waals surface area contributed by atoms with Crippen LogP contribution >= 0.6 is 11.3 Å². The normalized spacial score (nSPS) is 17.5. The molecule has 8 heteroatoms. The third kappa shape index (κ3) is 4.49. The monoisotopic (exact) mass is 417 g/mol. The van der Waals surface area contributed by atoms with Crippen molar-refractivity contribution in [3.05, 3.63) is 75.7 Å². The topological polar surface area (TPSA) is 38.9 Å². The van der Waals surface area contributed by atoms with Crippen molar-refractivity contribution in [2.24, 2.45) is 10.1 Å². The van der Waals surface area contributed by atoms with Gasteiger partial charge < -0.3 is 4.74 Å². The van der Waals surface area contributed by atoms with Crippen LogP contribution in [0.5, 0.6) is 0 Å². The molecule has 0 bridgehead atoms. The molecule has 0 saturated carbocycles. The van der Waals surface area contributed by atoms with E-state index in [-0.39, 0.29) is 11.7 Å². The van der Waals surface area contributed by atoms with Crippen LogP contribution in [0.15, 0.2) is 57.9 Å². The molecule has 0 N–H and O–H groups in total. The molecule has 2 heterocycles. The molecule has 1 fully saturated rings. The Morgan fingerprint density at radius 1 is 1.14 bits per heavy atom. The molecule has 1 aliphatic heterocycles. The maximum atomic E-state index is 14.4. The fraction of sp³-hybridized carbons (Fsp3) is 0.238. The lowest BCUT2D eigenvalue weighted by Gasteiger charge is -2.06. The van der Waals surface area contributed by atoms with E-state index in [1.165, 1.54) is 34.4 Å². The van der Waals surface area contributed by atoms with Gasteiger partial charge in [-0.25, -0.2) is 17.8 Å². The lowest BCUT2D eigenvalue weighted by molar-refractivity contribution is 0.117. The lowest BCUT2D eigenvalue weighted by atomic mass is 10.1. The van der Waals surface area contributed by atoms with Crippen molar-refractivity contribution in [3.8, 4) is 11.3 Å². The highest BCUT2D eigenvalue weighted by Crippen LogP contribution is 2.23. The van der Waals surface area contributed by atoms with Crippen molar-refractivity contribution < 1.29 is 17.9 Å². The van der Waals surface area contributed by atoms with E-state index in [1.54, 1.807) is 23.6 Å². The van der Waals surface area contributed by atoms with Crippen LogP contribution in [-0.4, -0.2) is 30.1 Å². The summed E-state index contributed by atoms with van der Waals surface area (Å²) in [6.45, 7) is 1.20. The number of benzene rings is 2. The number of hydrogen-bond donors (Lipinski definition) is 0. The number of halogens is 3. The van der Waals surface area contributed by atoms with Gasteiger partial charge >= 0.3 is 0 Å². The van der Waals surface area contributed by atoms with Gasteiger partial charge in [-0.3, -0.25) is 4.99 Å². The summed E-state index contributed by atoms with van der Waals surface area (Å²) in [5.74, 6) is -1.79. The molecule has 1 saturated heterocycles. The third-order valence-corrected chi connectivity index (χ3v) is 5.42. The van der Waals surface area contributed by atoms with Gasteiger partial charge in [0.05, 0.1) is 24.6 Å². The molecule has 1 atom stereocenters. The van der Waals surface area contributed by atoms with Crippen LogP contribution in [0.2, 0.25) is 0 Å².